The molecule has 0 amide bonds. The molecule has 2 saturated carbocycles. The normalized spacial score (nSPS) is 47.8. The van der Waals surface area contributed by atoms with Crippen molar-refractivity contribution >= 4 is 23.5 Å². The van der Waals surface area contributed by atoms with Crippen LogP contribution in [-0.4, -0.2) is 15.6 Å². The maximum Gasteiger partial charge on any atom is 0.0672 e. The number of hydrogen-bond acceptors (Lipinski definition) is 2. The predicted molar refractivity (Wildman–Crippen MR) is 66.9 cm³/mol. The Morgan fingerprint density at radius 2 is 1.71 bits per heavy atom. The van der Waals surface area contributed by atoms with Gasteiger partial charge < -0.3 is 0 Å². The van der Waals surface area contributed by atoms with E-state index in [0.717, 1.165) is 5.92 Å². The van der Waals surface area contributed by atoms with Crippen LogP contribution in [-0.2, 0) is 0 Å². The average molecular weight is 228 g/mol. The fraction of sp³-hybridized carbons (Fsp3) is 1.00. The van der Waals surface area contributed by atoms with E-state index in [1.807, 2.05) is 0 Å². The van der Waals surface area contributed by atoms with Crippen LogP contribution in [0.2, 0.25) is 0 Å². The molecule has 0 N–H and O–H groups in total. The Kier molecular flexibility index (Phi) is 1.90. The zero-order chi connectivity index (χ0) is 10.0. The van der Waals surface area contributed by atoms with Gasteiger partial charge >= 0.3 is 0 Å². The summed E-state index contributed by atoms with van der Waals surface area (Å²) in [6.45, 7) is 7.63. The lowest BCUT2D eigenvalue weighted by atomic mass is 9.70. The molecule has 2 aliphatic carbocycles. The standard InChI is InChI=1S/C12H20S2/c1-10(2)9-4-5-11(10,3)12(8-9)13-6-7-14-12/h9H,4-8H2,1-3H3/t9?,11-/m1/s1. The Hall–Kier alpha value is 0.700. The molecule has 2 bridgehead atoms. The molecular formula is C12H20S2. The molecule has 3 aliphatic rings. The Labute approximate surface area is 96.0 Å². The van der Waals surface area contributed by atoms with Crippen molar-refractivity contribution in [2.24, 2.45) is 16.7 Å². The molecular weight excluding hydrogens is 208 g/mol. The smallest absolute Gasteiger partial charge is 0.0672 e. The van der Waals surface area contributed by atoms with Crippen LogP contribution in [0.3, 0.4) is 0 Å². The molecule has 0 aromatic carbocycles. The first-order valence-electron chi connectivity index (χ1n) is 5.80. The summed E-state index contributed by atoms with van der Waals surface area (Å²) < 4.78 is 0.611. The summed E-state index contributed by atoms with van der Waals surface area (Å²) in [4.78, 5) is 0. The van der Waals surface area contributed by atoms with Crippen LogP contribution in [0.4, 0.5) is 0 Å². The third-order valence-corrected chi connectivity index (χ3v) is 9.49. The van der Waals surface area contributed by atoms with Crippen LogP contribution in [0.25, 0.3) is 0 Å². The summed E-state index contributed by atoms with van der Waals surface area (Å²) in [6, 6.07) is 0. The Balaban J connectivity index is 2.06. The minimum Gasteiger partial charge on any atom is -0.143 e. The number of hydrogen-bond donors (Lipinski definition) is 0. The monoisotopic (exact) mass is 228 g/mol. The van der Waals surface area contributed by atoms with E-state index >= 15 is 0 Å². The third-order valence-electron chi connectivity index (χ3n) is 5.55. The van der Waals surface area contributed by atoms with E-state index in [0.29, 0.717) is 14.9 Å². The number of thioether (sulfide) groups is 2. The van der Waals surface area contributed by atoms with E-state index in [2.05, 4.69) is 44.3 Å². The van der Waals surface area contributed by atoms with E-state index in [1.165, 1.54) is 30.8 Å². The van der Waals surface area contributed by atoms with Gasteiger partial charge in [0.15, 0.2) is 0 Å². The minimum atomic E-state index is 0.595. The zero-order valence-electron chi connectivity index (χ0n) is 9.43. The van der Waals surface area contributed by atoms with Crippen LogP contribution in [0.15, 0.2) is 0 Å². The average Bonchev–Trinajstić information content (AvgIpc) is 2.70. The van der Waals surface area contributed by atoms with Gasteiger partial charge in [0.1, 0.15) is 0 Å². The second-order valence-electron chi connectivity index (χ2n) is 5.94. The molecule has 0 nitrogen and oxygen atoms in total. The molecule has 2 atom stereocenters. The van der Waals surface area contributed by atoms with Crippen LogP contribution in [0.1, 0.15) is 40.0 Å². The maximum absolute atomic E-state index is 2.57. The molecule has 0 aromatic heterocycles. The molecule has 1 aliphatic heterocycles. The van der Waals surface area contributed by atoms with Crippen LogP contribution >= 0.6 is 23.5 Å². The maximum atomic E-state index is 2.57. The molecule has 2 heteroatoms. The first kappa shape index (κ1) is 9.89. The van der Waals surface area contributed by atoms with Crippen LogP contribution in [0.5, 0.6) is 0 Å². The molecule has 1 saturated heterocycles. The molecule has 1 unspecified atom stereocenters. The summed E-state index contributed by atoms with van der Waals surface area (Å²) in [7, 11) is 0. The molecule has 80 valence electrons. The van der Waals surface area contributed by atoms with Gasteiger partial charge in [-0.25, -0.2) is 0 Å². The van der Waals surface area contributed by atoms with Gasteiger partial charge in [0.05, 0.1) is 4.08 Å². The quantitative estimate of drug-likeness (QED) is 0.614. The van der Waals surface area contributed by atoms with Crippen molar-refractivity contribution in [3.8, 4) is 0 Å². The lowest BCUT2D eigenvalue weighted by molar-refractivity contribution is 0.149. The fourth-order valence-corrected chi connectivity index (χ4v) is 8.24. The molecule has 3 fully saturated rings. The number of rotatable bonds is 0. The highest BCUT2D eigenvalue weighted by Crippen LogP contribution is 2.77. The van der Waals surface area contributed by atoms with Crippen LogP contribution in [0, 0.1) is 16.7 Å². The Morgan fingerprint density at radius 1 is 1.07 bits per heavy atom. The van der Waals surface area contributed by atoms with Gasteiger partial charge in [-0.1, -0.05) is 20.8 Å². The Bertz CT molecular complexity index is 265. The van der Waals surface area contributed by atoms with E-state index in [4.69, 9.17) is 0 Å². The van der Waals surface area contributed by atoms with Gasteiger partial charge in [-0.2, -0.15) is 0 Å². The van der Waals surface area contributed by atoms with Crippen LogP contribution < -0.4 is 0 Å². The SMILES string of the molecule is CC1(C)C2CC[C@@]1(C)C1(C2)SCCS1. The first-order chi connectivity index (χ1) is 6.52. The topological polar surface area (TPSA) is 0 Å². The zero-order valence-corrected chi connectivity index (χ0v) is 11.1. The summed E-state index contributed by atoms with van der Waals surface area (Å²) in [5.41, 5.74) is 1.20. The van der Waals surface area contributed by atoms with Gasteiger partial charge in [-0.3, -0.25) is 0 Å². The predicted octanol–water partition coefficient (Wildman–Crippen LogP) is 4.01. The molecule has 14 heavy (non-hydrogen) atoms. The lowest BCUT2D eigenvalue weighted by Crippen LogP contribution is -2.40. The summed E-state index contributed by atoms with van der Waals surface area (Å²) in [5, 5.41) is 0. The third kappa shape index (κ3) is 0.870. The summed E-state index contributed by atoms with van der Waals surface area (Å²) in [5.74, 6) is 3.79. The van der Waals surface area contributed by atoms with Crippen molar-refractivity contribution in [3.63, 3.8) is 0 Å². The summed E-state index contributed by atoms with van der Waals surface area (Å²) in [6.07, 6.45) is 4.46. The van der Waals surface area contributed by atoms with Gasteiger partial charge in [-0.15, -0.1) is 23.5 Å². The fourth-order valence-electron chi connectivity index (χ4n) is 4.08. The highest BCUT2D eigenvalue weighted by Gasteiger charge is 2.69. The largest absolute Gasteiger partial charge is 0.143 e. The minimum absolute atomic E-state index is 0.595. The first-order valence-corrected chi connectivity index (χ1v) is 7.77. The van der Waals surface area contributed by atoms with Crippen molar-refractivity contribution in [1.29, 1.82) is 0 Å². The summed E-state index contributed by atoms with van der Waals surface area (Å²) >= 11 is 4.56. The van der Waals surface area contributed by atoms with Gasteiger partial charge in [0.2, 0.25) is 0 Å². The second-order valence-corrected chi connectivity index (χ2v) is 8.99. The molecule has 1 spiro atoms. The van der Waals surface area contributed by atoms with Crippen molar-refractivity contribution in [2.75, 3.05) is 11.5 Å². The van der Waals surface area contributed by atoms with Gasteiger partial charge in [0.25, 0.3) is 0 Å². The van der Waals surface area contributed by atoms with Gasteiger partial charge in [0, 0.05) is 11.5 Å². The van der Waals surface area contributed by atoms with Crippen molar-refractivity contribution < 1.29 is 0 Å². The Morgan fingerprint density at radius 3 is 2.14 bits per heavy atom. The highest BCUT2D eigenvalue weighted by atomic mass is 32.2. The molecule has 0 radical (unpaired) electrons. The van der Waals surface area contributed by atoms with Crippen molar-refractivity contribution in [3.05, 3.63) is 0 Å². The van der Waals surface area contributed by atoms with E-state index in [9.17, 15) is 0 Å². The number of fused-ring (bicyclic) bond motifs is 3. The van der Waals surface area contributed by atoms with Crippen molar-refractivity contribution in [1.82, 2.24) is 0 Å². The lowest BCUT2D eigenvalue weighted by Gasteiger charge is -2.45. The second kappa shape index (κ2) is 2.68. The van der Waals surface area contributed by atoms with Gasteiger partial charge in [-0.05, 0) is 36.0 Å². The van der Waals surface area contributed by atoms with E-state index in [-0.39, 0.29) is 0 Å². The molecule has 0 aromatic rings. The van der Waals surface area contributed by atoms with E-state index in [1.54, 1.807) is 0 Å². The molecule has 1 heterocycles. The van der Waals surface area contributed by atoms with E-state index < -0.39 is 0 Å². The molecule has 3 rings (SSSR count). The van der Waals surface area contributed by atoms with Crippen molar-refractivity contribution in [2.45, 2.75) is 44.1 Å². The highest BCUT2D eigenvalue weighted by molar-refractivity contribution is 8.21.